The number of hydrogen-bond donors (Lipinski definition) is 4. The lowest BCUT2D eigenvalue weighted by Crippen LogP contribution is -2.45. The zero-order chi connectivity index (χ0) is 10.2. The number of carboxylic acid groups (broad SMARTS) is 2. The second-order valence-corrected chi connectivity index (χ2v) is 2.87. The van der Waals surface area contributed by atoms with Crippen molar-refractivity contribution in [1.29, 1.82) is 0 Å². The average molecular weight is 190 g/mol. The van der Waals surface area contributed by atoms with Gasteiger partial charge in [-0.05, 0) is 0 Å². The highest BCUT2D eigenvalue weighted by Crippen LogP contribution is 2.17. The van der Waals surface area contributed by atoms with Gasteiger partial charge in [-0.1, -0.05) is 0 Å². The largest absolute Gasteiger partial charge is 0.480 e. The predicted molar refractivity (Wildman–Crippen MR) is 40.1 cm³/mol. The van der Waals surface area contributed by atoms with E-state index in [2.05, 4.69) is 0 Å². The molecule has 3 atom stereocenters. The molecule has 0 aliphatic carbocycles. The standard InChI is InChI=1S/C6H10N2O5/c7-2-1-8(6(12)13)3(4(2)9)5(10)11/h2-4,9H,1,7H2,(H,10,11)(H,12,13)/t2-,3+,4+/m1/s1. The van der Waals surface area contributed by atoms with Gasteiger partial charge in [-0.25, -0.2) is 9.59 Å². The van der Waals surface area contributed by atoms with Crippen LogP contribution >= 0.6 is 0 Å². The van der Waals surface area contributed by atoms with Gasteiger partial charge < -0.3 is 21.1 Å². The molecule has 0 bridgehead atoms. The van der Waals surface area contributed by atoms with E-state index in [1.807, 2.05) is 0 Å². The molecule has 0 saturated carbocycles. The highest BCUT2D eigenvalue weighted by molar-refractivity contribution is 5.81. The molecule has 1 saturated heterocycles. The number of nitrogens with two attached hydrogens (primary N) is 1. The molecule has 1 fully saturated rings. The van der Waals surface area contributed by atoms with Crippen LogP contribution in [0.2, 0.25) is 0 Å². The molecule has 74 valence electrons. The maximum Gasteiger partial charge on any atom is 0.408 e. The summed E-state index contributed by atoms with van der Waals surface area (Å²) in [6.07, 6.45) is -2.73. The number of carbonyl (C=O) groups is 2. The summed E-state index contributed by atoms with van der Waals surface area (Å²) < 4.78 is 0. The number of hydrogen-bond acceptors (Lipinski definition) is 4. The van der Waals surface area contributed by atoms with Gasteiger partial charge in [-0.3, -0.25) is 4.90 Å². The van der Waals surface area contributed by atoms with Crippen molar-refractivity contribution in [2.45, 2.75) is 18.2 Å². The third-order valence-electron chi connectivity index (χ3n) is 2.00. The van der Waals surface area contributed by atoms with Crippen molar-refractivity contribution < 1.29 is 24.9 Å². The third kappa shape index (κ3) is 1.56. The van der Waals surface area contributed by atoms with Crippen LogP contribution in [0.3, 0.4) is 0 Å². The summed E-state index contributed by atoms with van der Waals surface area (Å²) in [4.78, 5) is 21.7. The minimum atomic E-state index is -1.45. The first-order valence-corrected chi connectivity index (χ1v) is 3.61. The Bertz CT molecular complexity index is 243. The van der Waals surface area contributed by atoms with Crippen molar-refractivity contribution in [3.05, 3.63) is 0 Å². The number of aliphatic hydroxyl groups is 1. The Balaban J connectivity index is 2.86. The van der Waals surface area contributed by atoms with Crippen molar-refractivity contribution in [2.75, 3.05) is 6.54 Å². The van der Waals surface area contributed by atoms with Gasteiger partial charge in [-0.15, -0.1) is 0 Å². The topological polar surface area (TPSA) is 124 Å². The van der Waals surface area contributed by atoms with Crippen molar-refractivity contribution >= 4 is 12.1 Å². The zero-order valence-corrected chi connectivity index (χ0v) is 6.62. The molecule has 7 heteroatoms. The van der Waals surface area contributed by atoms with Crippen LogP contribution in [0.25, 0.3) is 0 Å². The van der Waals surface area contributed by atoms with Crippen LogP contribution in [-0.2, 0) is 4.79 Å². The van der Waals surface area contributed by atoms with Gasteiger partial charge in [0.25, 0.3) is 0 Å². The summed E-state index contributed by atoms with van der Waals surface area (Å²) in [6, 6.07) is -2.29. The Morgan fingerprint density at radius 2 is 1.92 bits per heavy atom. The first-order chi connectivity index (χ1) is 5.95. The lowest BCUT2D eigenvalue weighted by Gasteiger charge is -2.18. The number of aliphatic carboxylic acids is 1. The first kappa shape index (κ1) is 9.75. The first-order valence-electron chi connectivity index (χ1n) is 3.61. The smallest absolute Gasteiger partial charge is 0.408 e. The molecular weight excluding hydrogens is 180 g/mol. The molecule has 0 unspecified atom stereocenters. The Morgan fingerprint density at radius 3 is 2.23 bits per heavy atom. The number of nitrogens with zero attached hydrogens (tertiary/aromatic N) is 1. The van der Waals surface area contributed by atoms with Crippen molar-refractivity contribution in [3.8, 4) is 0 Å². The molecule has 1 heterocycles. The van der Waals surface area contributed by atoms with E-state index in [9.17, 15) is 14.7 Å². The van der Waals surface area contributed by atoms with Gasteiger partial charge in [0, 0.05) is 6.54 Å². The fraction of sp³-hybridized carbons (Fsp3) is 0.667. The fourth-order valence-corrected chi connectivity index (χ4v) is 1.34. The van der Waals surface area contributed by atoms with E-state index in [4.69, 9.17) is 15.9 Å². The minimum Gasteiger partial charge on any atom is -0.480 e. The van der Waals surface area contributed by atoms with Gasteiger partial charge in [0.2, 0.25) is 0 Å². The molecule has 1 aliphatic heterocycles. The fourth-order valence-electron chi connectivity index (χ4n) is 1.34. The molecule has 0 aromatic heterocycles. The second kappa shape index (κ2) is 3.19. The highest BCUT2D eigenvalue weighted by atomic mass is 16.4. The van der Waals surface area contributed by atoms with Crippen LogP contribution in [0.1, 0.15) is 0 Å². The molecule has 0 spiro atoms. The van der Waals surface area contributed by atoms with E-state index < -0.39 is 30.3 Å². The van der Waals surface area contributed by atoms with Gasteiger partial charge in [0.1, 0.15) is 6.10 Å². The van der Waals surface area contributed by atoms with Gasteiger partial charge in [-0.2, -0.15) is 0 Å². The van der Waals surface area contributed by atoms with Crippen LogP contribution in [-0.4, -0.2) is 57.0 Å². The molecule has 7 nitrogen and oxygen atoms in total. The Morgan fingerprint density at radius 1 is 1.38 bits per heavy atom. The molecule has 0 aromatic rings. The number of amides is 1. The van der Waals surface area contributed by atoms with E-state index in [0.717, 1.165) is 0 Å². The van der Waals surface area contributed by atoms with Crippen LogP contribution in [0.4, 0.5) is 4.79 Å². The monoisotopic (exact) mass is 190 g/mol. The molecule has 1 amide bonds. The average Bonchev–Trinajstić information content (AvgIpc) is 2.28. The molecule has 1 rings (SSSR count). The Labute approximate surface area is 73.4 Å². The van der Waals surface area contributed by atoms with Crippen LogP contribution in [0, 0.1) is 0 Å². The second-order valence-electron chi connectivity index (χ2n) is 2.87. The Kier molecular flexibility index (Phi) is 2.39. The lowest BCUT2D eigenvalue weighted by molar-refractivity contribution is -0.144. The summed E-state index contributed by atoms with van der Waals surface area (Å²) in [7, 11) is 0. The van der Waals surface area contributed by atoms with Crippen molar-refractivity contribution in [3.63, 3.8) is 0 Å². The summed E-state index contributed by atoms with van der Waals surface area (Å²) in [5, 5.41) is 26.4. The number of carboxylic acids is 1. The van der Waals surface area contributed by atoms with Crippen molar-refractivity contribution in [2.24, 2.45) is 5.73 Å². The normalized spacial score (nSPS) is 33.4. The predicted octanol–water partition coefficient (Wildman–Crippen LogP) is -1.88. The van der Waals surface area contributed by atoms with E-state index in [-0.39, 0.29) is 6.54 Å². The van der Waals surface area contributed by atoms with Gasteiger partial charge >= 0.3 is 12.1 Å². The zero-order valence-electron chi connectivity index (χ0n) is 6.62. The maximum atomic E-state index is 10.6. The van der Waals surface area contributed by atoms with E-state index in [1.165, 1.54) is 0 Å². The number of aliphatic hydroxyl groups excluding tert-OH is 1. The van der Waals surface area contributed by atoms with Gasteiger partial charge in [0.05, 0.1) is 6.04 Å². The van der Waals surface area contributed by atoms with E-state index in [1.54, 1.807) is 0 Å². The van der Waals surface area contributed by atoms with Crippen LogP contribution in [0.15, 0.2) is 0 Å². The maximum absolute atomic E-state index is 10.6. The van der Waals surface area contributed by atoms with E-state index in [0.29, 0.717) is 4.90 Å². The molecular formula is C6H10N2O5. The highest BCUT2D eigenvalue weighted by Gasteiger charge is 2.45. The summed E-state index contributed by atoms with van der Waals surface area (Å²) >= 11 is 0. The quantitative estimate of drug-likeness (QED) is 0.383. The van der Waals surface area contributed by atoms with Crippen molar-refractivity contribution in [1.82, 2.24) is 4.90 Å². The van der Waals surface area contributed by atoms with Crippen LogP contribution < -0.4 is 5.73 Å². The third-order valence-corrected chi connectivity index (χ3v) is 2.00. The molecule has 1 aliphatic rings. The van der Waals surface area contributed by atoms with Gasteiger partial charge in [0.15, 0.2) is 6.04 Å². The lowest BCUT2D eigenvalue weighted by atomic mass is 10.1. The molecule has 0 radical (unpaired) electrons. The molecule has 13 heavy (non-hydrogen) atoms. The summed E-state index contributed by atoms with van der Waals surface area (Å²) in [5.74, 6) is -1.39. The van der Waals surface area contributed by atoms with E-state index >= 15 is 0 Å². The molecule has 0 aromatic carbocycles. The van der Waals surface area contributed by atoms with Crippen LogP contribution in [0.5, 0.6) is 0 Å². The molecule has 5 N–H and O–H groups in total. The SMILES string of the molecule is N[C@@H]1CN(C(=O)O)[C@H](C(=O)O)[C@H]1O. The summed E-state index contributed by atoms with van der Waals surface area (Å²) in [6.45, 7) is -0.159. The Hall–Kier alpha value is -1.34. The number of rotatable bonds is 1. The minimum absolute atomic E-state index is 0.159. The number of likely N-dealkylation sites (tertiary alicyclic amines) is 1. The summed E-state index contributed by atoms with van der Waals surface area (Å²) in [5.41, 5.74) is 5.32.